The standard InChI is InChI=1S/C18H14ClFN4OS/c1-11(25-15-8-6-14(20)7-9-15)17-23-24-16(21-22-18(24)26-17)10-12-2-4-13(19)5-3-12/h2-9,11H,10H2,1H3. The van der Waals surface area contributed by atoms with E-state index in [4.69, 9.17) is 16.3 Å². The molecule has 2 heterocycles. The molecule has 2 aromatic carbocycles. The summed E-state index contributed by atoms with van der Waals surface area (Å²) in [6.07, 6.45) is 0.324. The molecule has 0 aliphatic rings. The maximum Gasteiger partial charge on any atom is 0.234 e. The van der Waals surface area contributed by atoms with Gasteiger partial charge in [-0.3, -0.25) is 0 Å². The van der Waals surface area contributed by atoms with Crippen LogP contribution in [0.1, 0.15) is 29.4 Å². The number of nitrogens with zero attached hydrogens (tertiary/aromatic N) is 4. The van der Waals surface area contributed by atoms with Gasteiger partial charge in [-0.15, -0.1) is 10.2 Å². The highest BCUT2D eigenvalue weighted by molar-refractivity contribution is 7.16. The molecule has 0 radical (unpaired) electrons. The van der Waals surface area contributed by atoms with Crippen molar-refractivity contribution in [1.82, 2.24) is 19.8 Å². The molecule has 0 aliphatic heterocycles. The number of benzene rings is 2. The lowest BCUT2D eigenvalue weighted by Crippen LogP contribution is -2.05. The van der Waals surface area contributed by atoms with E-state index in [9.17, 15) is 4.39 Å². The van der Waals surface area contributed by atoms with Crippen LogP contribution in [0.2, 0.25) is 5.02 Å². The summed E-state index contributed by atoms with van der Waals surface area (Å²) in [4.78, 5) is 0.707. The van der Waals surface area contributed by atoms with Gasteiger partial charge in [-0.2, -0.15) is 9.61 Å². The second-order valence-electron chi connectivity index (χ2n) is 5.77. The van der Waals surface area contributed by atoms with Gasteiger partial charge in [0.25, 0.3) is 0 Å². The van der Waals surface area contributed by atoms with Gasteiger partial charge in [-0.05, 0) is 48.9 Å². The SMILES string of the molecule is CC(Oc1ccc(F)cc1)c1nn2c(Cc3ccc(Cl)cc3)nnc2s1. The summed E-state index contributed by atoms with van der Waals surface area (Å²) in [5.74, 6) is 1.04. The Balaban J connectivity index is 1.54. The molecule has 0 spiro atoms. The van der Waals surface area contributed by atoms with Crippen molar-refractivity contribution in [3.8, 4) is 5.75 Å². The fraction of sp³-hybridized carbons (Fsp3) is 0.167. The van der Waals surface area contributed by atoms with Gasteiger partial charge in [-0.25, -0.2) is 4.39 Å². The second kappa shape index (κ2) is 7.01. The summed E-state index contributed by atoms with van der Waals surface area (Å²) < 4.78 is 20.6. The van der Waals surface area contributed by atoms with Gasteiger partial charge in [-0.1, -0.05) is 35.1 Å². The van der Waals surface area contributed by atoms with Crippen LogP contribution in [0.4, 0.5) is 4.39 Å². The first-order valence-electron chi connectivity index (χ1n) is 7.96. The molecule has 5 nitrogen and oxygen atoms in total. The number of hydrogen-bond acceptors (Lipinski definition) is 5. The monoisotopic (exact) mass is 388 g/mol. The Kier molecular flexibility index (Phi) is 4.57. The van der Waals surface area contributed by atoms with Gasteiger partial charge in [0.2, 0.25) is 4.96 Å². The average molecular weight is 389 g/mol. The molecular weight excluding hydrogens is 375 g/mol. The fourth-order valence-corrected chi connectivity index (χ4v) is 3.46. The highest BCUT2D eigenvalue weighted by Gasteiger charge is 2.17. The van der Waals surface area contributed by atoms with E-state index >= 15 is 0 Å². The number of hydrogen-bond donors (Lipinski definition) is 0. The number of halogens is 2. The molecule has 4 aromatic rings. The van der Waals surface area contributed by atoms with Crippen LogP contribution >= 0.6 is 22.9 Å². The highest BCUT2D eigenvalue weighted by atomic mass is 35.5. The van der Waals surface area contributed by atoms with Gasteiger partial charge in [0, 0.05) is 11.4 Å². The van der Waals surface area contributed by atoms with E-state index in [1.54, 1.807) is 16.6 Å². The van der Waals surface area contributed by atoms with Crippen LogP contribution in [0.3, 0.4) is 0 Å². The lowest BCUT2D eigenvalue weighted by Gasteiger charge is -2.11. The van der Waals surface area contributed by atoms with Gasteiger partial charge in [0.15, 0.2) is 10.8 Å². The first kappa shape index (κ1) is 16.9. The Hall–Kier alpha value is -2.51. The minimum absolute atomic E-state index is 0.282. The molecule has 0 bridgehead atoms. The Bertz CT molecular complexity index is 1030. The van der Waals surface area contributed by atoms with E-state index in [2.05, 4.69) is 15.3 Å². The van der Waals surface area contributed by atoms with Crippen LogP contribution in [-0.4, -0.2) is 19.8 Å². The van der Waals surface area contributed by atoms with Crippen LogP contribution < -0.4 is 4.74 Å². The smallest absolute Gasteiger partial charge is 0.234 e. The number of ether oxygens (including phenoxy) is 1. The van der Waals surface area contributed by atoms with Gasteiger partial charge < -0.3 is 4.74 Å². The average Bonchev–Trinajstić information content (AvgIpc) is 3.21. The van der Waals surface area contributed by atoms with Gasteiger partial charge in [0.1, 0.15) is 17.7 Å². The van der Waals surface area contributed by atoms with Gasteiger partial charge in [0.05, 0.1) is 0 Å². The van der Waals surface area contributed by atoms with Crippen LogP contribution in [0.5, 0.6) is 5.75 Å². The predicted molar refractivity (Wildman–Crippen MR) is 98.4 cm³/mol. The highest BCUT2D eigenvalue weighted by Crippen LogP contribution is 2.26. The predicted octanol–water partition coefficient (Wildman–Crippen LogP) is 4.71. The third-order valence-electron chi connectivity index (χ3n) is 3.82. The summed E-state index contributed by atoms with van der Waals surface area (Å²) in [6.45, 7) is 1.90. The molecule has 26 heavy (non-hydrogen) atoms. The van der Waals surface area contributed by atoms with Crippen LogP contribution in [0, 0.1) is 5.82 Å². The Morgan fingerprint density at radius 2 is 1.85 bits per heavy atom. The quantitative estimate of drug-likeness (QED) is 0.497. The van der Waals surface area contributed by atoms with E-state index in [-0.39, 0.29) is 11.9 Å². The number of aromatic nitrogens is 4. The maximum absolute atomic E-state index is 13.0. The summed E-state index contributed by atoms with van der Waals surface area (Å²) in [5, 5.41) is 14.5. The molecule has 0 saturated carbocycles. The van der Waals surface area contributed by atoms with Crippen LogP contribution in [0.25, 0.3) is 4.96 Å². The molecule has 132 valence electrons. The summed E-state index contributed by atoms with van der Waals surface area (Å²) in [7, 11) is 0. The normalized spacial score (nSPS) is 12.4. The van der Waals surface area contributed by atoms with Crippen molar-refractivity contribution in [3.05, 3.63) is 75.8 Å². The van der Waals surface area contributed by atoms with Gasteiger partial charge >= 0.3 is 0 Å². The zero-order chi connectivity index (χ0) is 18.1. The van der Waals surface area contributed by atoms with E-state index in [1.165, 1.54) is 23.5 Å². The topological polar surface area (TPSA) is 52.3 Å². The Morgan fingerprint density at radius 1 is 1.12 bits per heavy atom. The molecule has 0 amide bonds. The minimum atomic E-state index is -0.296. The van der Waals surface area contributed by atoms with Crippen molar-refractivity contribution in [2.24, 2.45) is 0 Å². The Labute approximate surface area is 158 Å². The molecule has 1 atom stereocenters. The molecule has 1 unspecified atom stereocenters. The first-order chi connectivity index (χ1) is 12.6. The maximum atomic E-state index is 13.0. The van der Waals surface area contributed by atoms with Crippen LogP contribution in [-0.2, 0) is 6.42 Å². The van der Waals surface area contributed by atoms with E-state index in [0.29, 0.717) is 22.2 Å². The molecule has 0 N–H and O–H groups in total. The zero-order valence-electron chi connectivity index (χ0n) is 13.8. The number of rotatable bonds is 5. The minimum Gasteiger partial charge on any atom is -0.483 e. The van der Waals surface area contributed by atoms with Crippen molar-refractivity contribution >= 4 is 27.9 Å². The molecule has 0 fully saturated rings. The largest absolute Gasteiger partial charge is 0.483 e. The summed E-state index contributed by atoms with van der Waals surface area (Å²) >= 11 is 7.34. The van der Waals surface area contributed by atoms with Crippen molar-refractivity contribution in [2.45, 2.75) is 19.4 Å². The van der Waals surface area contributed by atoms with E-state index in [0.717, 1.165) is 16.4 Å². The summed E-state index contributed by atoms with van der Waals surface area (Å²) in [6, 6.07) is 13.5. The Morgan fingerprint density at radius 3 is 2.58 bits per heavy atom. The molecule has 0 saturated heterocycles. The molecule has 0 aliphatic carbocycles. The number of fused-ring (bicyclic) bond motifs is 1. The van der Waals surface area contributed by atoms with Crippen LogP contribution in [0.15, 0.2) is 48.5 Å². The van der Waals surface area contributed by atoms with Crippen molar-refractivity contribution in [2.75, 3.05) is 0 Å². The second-order valence-corrected chi connectivity index (χ2v) is 7.19. The van der Waals surface area contributed by atoms with Crippen molar-refractivity contribution in [3.63, 3.8) is 0 Å². The molecule has 2 aromatic heterocycles. The zero-order valence-corrected chi connectivity index (χ0v) is 15.3. The van der Waals surface area contributed by atoms with Crippen molar-refractivity contribution < 1.29 is 9.13 Å². The molecule has 4 rings (SSSR count). The van der Waals surface area contributed by atoms with E-state index < -0.39 is 0 Å². The molecular formula is C18H14ClFN4OS. The lowest BCUT2D eigenvalue weighted by molar-refractivity contribution is 0.224. The molecule has 8 heteroatoms. The summed E-state index contributed by atoms with van der Waals surface area (Å²) in [5.41, 5.74) is 1.08. The first-order valence-corrected chi connectivity index (χ1v) is 9.15. The third kappa shape index (κ3) is 3.54. The third-order valence-corrected chi connectivity index (χ3v) is 5.13. The van der Waals surface area contributed by atoms with E-state index in [1.807, 2.05) is 31.2 Å². The fourth-order valence-electron chi connectivity index (χ4n) is 2.50. The van der Waals surface area contributed by atoms with Crippen molar-refractivity contribution in [1.29, 1.82) is 0 Å². The lowest BCUT2D eigenvalue weighted by atomic mass is 10.1.